The molecule has 5 heteroatoms. The lowest BCUT2D eigenvalue weighted by Crippen LogP contribution is -2.17. The van der Waals surface area contributed by atoms with Crippen LogP contribution in [0, 0.1) is 0 Å². The van der Waals surface area contributed by atoms with Crippen LogP contribution in [0.1, 0.15) is 42.3 Å². The number of hydrogen-bond donors (Lipinski definition) is 2. The van der Waals surface area contributed by atoms with Crippen molar-refractivity contribution >= 4 is 23.2 Å². The van der Waals surface area contributed by atoms with E-state index in [0.29, 0.717) is 5.56 Å². The molecule has 0 aliphatic heterocycles. The second-order valence-corrected chi connectivity index (χ2v) is 8.25. The number of fused-ring (bicyclic) bond motifs is 1. The molecule has 5 nitrogen and oxygen atoms in total. The molecule has 0 radical (unpaired) electrons. The Hall–Kier alpha value is -3.73. The monoisotopic (exact) mass is 396 g/mol. The lowest BCUT2D eigenvalue weighted by Gasteiger charge is -2.18. The minimum atomic E-state index is -0.268. The van der Waals surface area contributed by atoms with E-state index in [-0.39, 0.29) is 11.3 Å². The molecule has 2 N–H and O–H groups in total. The van der Waals surface area contributed by atoms with Crippen molar-refractivity contribution < 1.29 is 4.79 Å². The zero-order chi connectivity index (χ0) is 21.1. The van der Waals surface area contributed by atoms with Crippen LogP contribution in [0.4, 0.5) is 0 Å². The van der Waals surface area contributed by atoms with Crippen LogP contribution in [-0.4, -0.2) is 22.1 Å². The molecule has 0 unspecified atom stereocenters. The summed E-state index contributed by atoms with van der Waals surface area (Å²) in [6.07, 6.45) is 1.65. The molecule has 0 bridgehead atoms. The summed E-state index contributed by atoms with van der Waals surface area (Å²) in [5, 5.41) is 4.09. The highest BCUT2D eigenvalue weighted by atomic mass is 16.2. The van der Waals surface area contributed by atoms with Crippen LogP contribution in [-0.2, 0) is 5.41 Å². The highest BCUT2D eigenvalue weighted by molar-refractivity contribution is 5.98. The van der Waals surface area contributed by atoms with Gasteiger partial charge in [0.25, 0.3) is 5.91 Å². The molecule has 1 amide bonds. The largest absolute Gasteiger partial charge is 0.338 e. The summed E-state index contributed by atoms with van der Waals surface area (Å²) in [7, 11) is 0. The standard InChI is InChI=1S/C25H24N4O/c1-25(2,3)20-12-9-17(10-13-20)16-26-29-24(30)19-11-14-21-22(15-19)28-23(27-21)18-7-5-4-6-8-18/h4-16H,1-3H3,(H,27,28)(H,29,30)/b26-16+. The molecule has 0 saturated heterocycles. The van der Waals surface area contributed by atoms with Crippen LogP contribution >= 0.6 is 0 Å². The Balaban J connectivity index is 1.46. The number of amides is 1. The van der Waals surface area contributed by atoms with Gasteiger partial charge in [-0.1, -0.05) is 75.4 Å². The van der Waals surface area contributed by atoms with Crippen LogP contribution in [0.25, 0.3) is 22.4 Å². The first-order valence-corrected chi connectivity index (χ1v) is 9.89. The summed E-state index contributed by atoms with van der Waals surface area (Å²) in [5.74, 6) is 0.509. The van der Waals surface area contributed by atoms with Crippen molar-refractivity contribution in [3.63, 3.8) is 0 Å². The van der Waals surface area contributed by atoms with E-state index in [1.165, 1.54) is 5.56 Å². The van der Waals surface area contributed by atoms with Gasteiger partial charge in [-0.15, -0.1) is 0 Å². The lowest BCUT2D eigenvalue weighted by atomic mass is 9.87. The van der Waals surface area contributed by atoms with E-state index < -0.39 is 0 Å². The quantitative estimate of drug-likeness (QED) is 0.363. The predicted octanol–water partition coefficient (Wildman–Crippen LogP) is 5.29. The first-order chi connectivity index (χ1) is 14.4. The zero-order valence-corrected chi connectivity index (χ0v) is 17.3. The number of aromatic nitrogens is 2. The topological polar surface area (TPSA) is 70.1 Å². The van der Waals surface area contributed by atoms with Crippen LogP contribution in [0.15, 0.2) is 77.9 Å². The van der Waals surface area contributed by atoms with Gasteiger partial charge in [-0.25, -0.2) is 10.4 Å². The van der Waals surface area contributed by atoms with Gasteiger partial charge in [-0.2, -0.15) is 5.10 Å². The fourth-order valence-corrected chi connectivity index (χ4v) is 3.18. The van der Waals surface area contributed by atoms with Crippen LogP contribution in [0.3, 0.4) is 0 Å². The molecule has 3 aromatic carbocycles. The molecule has 0 atom stereocenters. The van der Waals surface area contributed by atoms with Gasteiger partial charge < -0.3 is 4.98 Å². The Labute approximate surface area is 175 Å². The van der Waals surface area contributed by atoms with E-state index in [9.17, 15) is 4.79 Å². The first-order valence-electron chi connectivity index (χ1n) is 9.89. The van der Waals surface area contributed by atoms with Gasteiger partial charge in [0.05, 0.1) is 17.2 Å². The Morgan fingerprint density at radius 3 is 2.43 bits per heavy atom. The molecule has 1 heterocycles. The molecule has 0 aliphatic rings. The molecule has 0 fully saturated rings. The summed E-state index contributed by atoms with van der Waals surface area (Å²) in [6.45, 7) is 6.53. The summed E-state index contributed by atoms with van der Waals surface area (Å²) >= 11 is 0. The van der Waals surface area contributed by atoms with Crippen LogP contribution in [0.5, 0.6) is 0 Å². The second-order valence-electron chi connectivity index (χ2n) is 8.25. The average Bonchev–Trinajstić information content (AvgIpc) is 3.17. The highest BCUT2D eigenvalue weighted by Gasteiger charge is 2.12. The molecule has 4 aromatic rings. The van der Waals surface area contributed by atoms with Crippen molar-refractivity contribution in [3.05, 3.63) is 89.5 Å². The van der Waals surface area contributed by atoms with Crippen molar-refractivity contribution in [1.82, 2.24) is 15.4 Å². The molecule has 30 heavy (non-hydrogen) atoms. The summed E-state index contributed by atoms with van der Waals surface area (Å²) in [6, 6.07) is 23.4. The van der Waals surface area contributed by atoms with Gasteiger partial charge in [0.2, 0.25) is 0 Å². The third-order valence-corrected chi connectivity index (χ3v) is 4.95. The number of hydrogen-bond acceptors (Lipinski definition) is 3. The van der Waals surface area contributed by atoms with Gasteiger partial charge in [-0.3, -0.25) is 4.79 Å². The number of carbonyl (C=O) groups is 1. The number of aromatic amines is 1. The number of benzene rings is 3. The van der Waals surface area contributed by atoms with E-state index >= 15 is 0 Å². The third kappa shape index (κ3) is 4.30. The summed E-state index contributed by atoms with van der Waals surface area (Å²) in [4.78, 5) is 20.4. The minimum Gasteiger partial charge on any atom is -0.338 e. The number of rotatable bonds is 4. The second kappa shape index (κ2) is 7.95. The Morgan fingerprint density at radius 1 is 1.00 bits per heavy atom. The average molecular weight is 396 g/mol. The summed E-state index contributed by atoms with van der Waals surface area (Å²) < 4.78 is 0. The molecule has 1 aromatic heterocycles. The molecule has 150 valence electrons. The van der Waals surface area contributed by atoms with E-state index in [2.05, 4.69) is 53.4 Å². The molecule has 0 aliphatic carbocycles. The predicted molar refractivity (Wildman–Crippen MR) is 122 cm³/mol. The van der Waals surface area contributed by atoms with E-state index in [0.717, 1.165) is 28.0 Å². The summed E-state index contributed by atoms with van der Waals surface area (Å²) in [5.41, 5.74) is 8.03. The third-order valence-electron chi connectivity index (χ3n) is 4.95. The van der Waals surface area contributed by atoms with Gasteiger partial charge in [-0.05, 0) is 34.7 Å². The number of hydrazone groups is 1. The van der Waals surface area contributed by atoms with E-state index in [1.54, 1.807) is 18.3 Å². The fourth-order valence-electron chi connectivity index (χ4n) is 3.18. The molecule has 4 rings (SSSR count). The van der Waals surface area contributed by atoms with Gasteiger partial charge >= 0.3 is 0 Å². The highest BCUT2D eigenvalue weighted by Crippen LogP contribution is 2.22. The number of H-pyrrole nitrogens is 1. The van der Waals surface area contributed by atoms with Crippen molar-refractivity contribution in [2.45, 2.75) is 26.2 Å². The van der Waals surface area contributed by atoms with Crippen molar-refractivity contribution in [2.75, 3.05) is 0 Å². The molecular formula is C25H24N4O. The van der Waals surface area contributed by atoms with Gasteiger partial charge in [0.1, 0.15) is 5.82 Å². The van der Waals surface area contributed by atoms with E-state index in [1.807, 2.05) is 48.5 Å². The number of nitrogens with zero attached hydrogens (tertiary/aromatic N) is 2. The Kier molecular flexibility index (Phi) is 5.19. The Bertz CT molecular complexity index is 1200. The normalized spacial score (nSPS) is 11.8. The maximum Gasteiger partial charge on any atom is 0.271 e. The SMILES string of the molecule is CC(C)(C)c1ccc(/C=N/NC(=O)c2ccc3nc(-c4ccccc4)[nH]c3c2)cc1. The molecule has 0 spiro atoms. The minimum absolute atomic E-state index is 0.107. The van der Waals surface area contributed by atoms with Crippen LogP contribution in [0.2, 0.25) is 0 Å². The van der Waals surface area contributed by atoms with Gasteiger partial charge in [0, 0.05) is 11.1 Å². The van der Waals surface area contributed by atoms with E-state index in [4.69, 9.17) is 0 Å². The van der Waals surface area contributed by atoms with Crippen molar-refractivity contribution in [1.29, 1.82) is 0 Å². The number of imidazole rings is 1. The number of nitrogens with one attached hydrogen (secondary N) is 2. The van der Waals surface area contributed by atoms with Crippen LogP contribution < -0.4 is 5.43 Å². The zero-order valence-electron chi connectivity index (χ0n) is 17.3. The maximum absolute atomic E-state index is 12.5. The maximum atomic E-state index is 12.5. The molecular weight excluding hydrogens is 372 g/mol. The van der Waals surface area contributed by atoms with Crippen molar-refractivity contribution in [2.24, 2.45) is 5.10 Å². The van der Waals surface area contributed by atoms with Gasteiger partial charge in [0.15, 0.2) is 0 Å². The smallest absolute Gasteiger partial charge is 0.271 e. The number of carbonyl (C=O) groups excluding carboxylic acids is 1. The van der Waals surface area contributed by atoms with Crippen molar-refractivity contribution in [3.8, 4) is 11.4 Å². The Morgan fingerprint density at radius 2 is 1.73 bits per heavy atom. The lowest BCUT2D eigenvalue weighted by molar-refractivity contribution is 0.0955. The first kappa shape index (κ1) is 19.6. The fraction of sp³-hybridized carbons (Fsp3) is 0.160. The molecule has 0 saturated carbocycles.